The van der Waals surface area contributed by atoms with E-state index in [0.29, 0.717) is 50.1 Å². The van der Waals surface area contributed by atoms with Crippen molar-refractivity contribution in [2.75, 3.05) is 36.8 Å². The molecule has 244 valence electrons. The van der Waals surface area contributed by atoms with Crippen molar-refractivity contribution in [3.63, 3.8) is 0 Å². The minimum absolute atomic E-state index is 0.218. The standard InChI is InChI=1S/2C17H25ClN2O2/c2*1-12-11-20(16(21)22-17(2,3)4)10-9-15(12)19-14-7-5-13(18)6-8-14/h2*5-8,12,15,19H,9-11H2,1-4H3/t2*12-,15+/m10/s1. The lowest BCUT2D eigenvalue weighted by Crippen LogP contribution is -2.48. The topological polar surface area (TPSA) is 83.1 Å². The Morgan fingerprint density at radius 2 is 0.977 bits per heavy atom. The second kappa shape index (κ2) is 15.4. The van der Waals surface area contributed by atoms with Gasteiger partial charge in [-0.2, -0.15) is 0 Å². The third-order valence-electron chi connectivity index (χ3n) is 7.51. The molecule has 2 aliphatic rings. The smallest absolute Gasteiger partial charge is 0.410 e. The first-order valence-electron chi connectivity index (χ1n) is 15.5. The molecular formula is C34H50Cl2N4O4. The van der Waals surface area contributed by atoms with Gasteiger partial charge in [0.1, 0.15) is 11.2 Å². The van der Waals surface area contributed by atoms with E-state index in [1.165, 1.54) is 0 Å². The molecule has 4 rings (SSSR count). The zero-order valence-electron chi connectivity index (χ0n) is 27.5. The summed E-state index contributed by atoms with van der Waals surface area (Å²) in [6.45, 7) is 18.5. The zero-order valence-corrected chi connectivity index (χ0v) is 29.0. The van der Waals surface area contributed by atoms with E-state index < -0.39 is 11.2 Å². The van der Waals surface area contributed by atoms with Gasteiger partial charge in [0.05, 0.1) is 0 Å². The van der Waals surface area contributed by atoms with E-state index in [1.807, 2.05) is 90.1 Å². The molecule has 0 radical (unpaired) electrons. The lowest BCUT2D eigenvalue weighted by molar-refractivity contribution is 0.0155. The van der Waals surface area contributed by atoms with Crippen LogP contribution in [0.1, 0.15) is 68.2 Å². The van der Waals surface area contributed by atoms with E-state index in [2.05, 4.69) is 24.5 Å². The molecule has 0 unspecified atom stereocenters. The molecule has 2 amide bonds. The molecule has 2 aromatic carbocycles. The van der Waals surface area contributed by atoms with E-state index in [1.54, 1.807) is 9.80 Å². The third kappa shape index (κ3) is 11.9. The normalized spacial score (nSPS) is 22.3. The summed E-state index contributed by atoms with van der Waals surface area (Å²) in [5.74, 6) is 0.717. The van der Waals surface area contributed by atoms with Gasteiger partial charge in [-0.25, -0.2) is 9.59 Å². The minimum Gasteiger partial charge on any atom is -0.444 e. The molecule has 0 bridgehead atoms. The Bertz CT molecular complexity index is 1120. The lowest BCUT2D eigenvalue weighted by atomic mass is 9.94. The Morgan fingerprint density at radius 3 is 1.25 bits per heavy atom. The maximum absolute atomic E-state index is 12.1. The van der Waals surface area contributed by atoms with Crippen molar-refractivity contribution in [1.82, 2.24) is 9.80 Å². The first kappa shape index (κ1) is 35.6. The summed E-state index contributed by atoms with van der Waals surface area (Å²) in [7, 11) is 0. The zero-order chi connectivity index (χ0) is 32.7. The molecule has 0 saturated carbocycles. The molecule has 2 aromatic rings. The quantitative estimate of drug-likeness (QED) is 0.345. The number of likely N-dealkylation sites (tertiary alicyclic amines) is 2. The van der Waals surface area contributed by atoms with Crippen LogP contribution in [-0.2, 0) is 9.47 Å². The van der Waals surface area contributed by atoms with Gasteiger partial charge < -0.3 is 29.9 Å². The van der Waals surface area contributed by atoms with Gasteiger partial charge in [-0.1, -0.05) is 37.0 Å². The van der Waals surface area contributed by atoms with Crippen molar-refractivity contribution in [2.45, 2.75) is 91.5 Å². The maximum Gasteiger partial charge on any atom is 0.410 e. The SMILES string of the molecule is C[C@@H]1CN(C(=O)OC(C)(C)C)CC[C@@H]1Nc1ccc(Cl)cc1.C[C@H]1CN(C(=O)OC(C)(C)C)CC[C@H]1Nc1ccc(Cl)cc1. The predicted molar refractivity (Wildman–Crippen MR) is 181 cm³/mol. The number of nitrogens with zero attached hydrogens (tertiary/aromatic N) is 2. The highest BCUT2D eigenvalue weighted by atomic mass is 35.5. The fraction of sp³-hybridized carbons (Fsp3) is 0.588. The van der Waals surface area contributed by atoms with E-state index in [4.69, 9.17) is 32.7 Å². The number of piperidine rings is 2. The Balaban J connectivity index is 0.000000240. The van der Waals surface area contributed by atoms with Crippen molar-refractivity contribution < 1.29 is 19.1 Å². The fourth-order valence-electron chi connectivity index (χ4n) is 5.23. The van der Waals surface area contributed by atoms with Crippen LogP contribution in [0.3, 0.4) is 0 Å². The Hall–Kier alpha value is -2.84. The number of ether oxygens (including phenoxy) is 2. The maximum atomic E-state index is 12.1. The van der Waals surface area contributed by atoms with Crippen LogP contribution in [-0.4, -0.2) is 71.5 Å². The number of anilines is 2. The van der Waals surface area contributed by atoms with E-state index in [0.717, 1.165) is 34.3 Å². The molecule has 2 N–H and O–H groups in total. The van der Waals surface area contributed by atoms with E-state index in [9.17, 15) is 9.59 Å². The molecule has 44 heavy (non-hydrogen) atoms. The lowest BCUT2D eigenvalue weighted by Gasteiger charge is -2.38. The van der Waals surface area contributed by atoms with E-state index >= 15 is 0 Å². The number of hydrogen-bond donors (Lipinski definition) is 2. The van der Waals surface area contributed by atoms with Gasteiger partial charge in [0.2, 0.25) is 0 Å². The van der Waals surface area contributed by atoms with Gasteiger partial charge in [0, 0.05) is 59.7 Å². The van der Waals surface area contributed by atoms with Crippen molar-refractivity contribution >= 4 is 46.8 Å². The summed E-state index contributed by atoms with van der Waals surface area (Å²) in [5.41, 5.74) is 1.23. The largest absolute Gasteiger partial charge is 0.444 e. The van der Waals surface area contributed by atoms with Crippen molar-refractivity contribution in [3.8, 4) is 0 Å². The van der Waals surface area contributed by atoms with Gasteiger partial charge in [0.25, 0.3) is 0 Å². The summed E-state index contributed by atoms with van der Waals surface area (Å²) < 4.78 is 10.9. The van der Waals surface area contributed by atoms with Crippen molar-refractivity contribution in [3.05, 3.63) is 58.6 Å². The third-order valence-corrected chi connectivity index (χ3v) is 8.01. The molecular weight excluding hydrogens is 599 g/mol. The second-order valence-electron chi connectivity index (χ2n) is 13.9. The number of benzene rings is 2. The number of amides is 2. The first-order valence-corrected chi connectivity index (χ1v) is 16.2. The van der Waals surface area contributed by atoms with Crippen LogP contribution in [0.5, 0.6) is 0 Å². The Kier molecular flexibility index (Phi) is 12.5. The fourth-order valence-corrected chi connectivity index (χ4v) is 5.48. The van der Waals surface area contributed by atoms with Gasteiger partial charge in [-0.15, -0.1) is 0 Å². The molecule has 0 aliphatic carbocycles. The molecule has 0 aromatic heterocycles. The highest BCUT2D eigenvalue weighted by Crippen LogP contribution is 2.25. The molecule has 10 heteroatoms. The number of hydrogen-bond acceptors (Lipinski definition) is 6. The van der Waals surface area contributed by atoms with E-state index in [-0.39, 0.29) is 12.2 Å². The summed E-state index contributed by atoms with van der Waals surface area (Å²) in [4.78, 5) is 27.9. The molecule has 2 aliphatic heterocycles. The highest BCUT2D eigenvalue weighted by molar-refractivity contribution is 6.30. The molecule has 2 saturated heterocycles. The molecule has 2 heterocycles. The van der Waals surface area contributed by atoms with Gasteiger partial charge in [-0.3, -0.25) is 0 Å². The molecule has 0 spiro atoms. The average Bonchev–Trinajstić information content (AvgIpc) is 2.92. The van der Waals surface area contributed by atoms with Crippen LogP contribution in [0.2, 0.25) is 10.0 Å². The monoisotopic (exact) mass is 648 g/mol. The average molecular weight is 650 g/mol. The van der Waals surface area contributed by atoms with Gasteiger partial charge in [-0.05, 0) is 115 Å². The molecule has 4 atom stereocenters. The summed E-state index contributed by atoms with van der Waals surface area (Å²) in [5, 5.41) is 8.53. The second-order valence-corrected chi connectivity index (χ2v) is 14.8. The summed E-state index contributed by atoms with van der Waals surface area (Å²) >= 11 is 11.8. The van der Waals surface area contributed by atoms with Crippen LogP contribution in [0.4, 0.5) is 21.0 Å². The summed E-state index contributed by atoms with van der Waals surface area (Å²) in [6.07, 6.45) is 1.38. The van der Waals surface area contributed by atoms with Crippen molar-refractivity contribution in [2.24, 2.45) is 11.8 Å². The van der Waals surface area contributed by atoms with Crippen LogP contribution in [0, 0.1) is 11.8 Å². The van der Waals surface area contributed by atoms with Crippen LogP contribution in [0.15, 0.2) is 48.5 Å². The minimum atomic E-state index is -0.446. The number of carbonyl (C=O) groups is 2. The number of halogens is 2. The number of carbonyl (C=O) groups excluding carboxylic acids is 2. The van der Waals surface area contributed by atoms with Crippen LogP contribution < -0.4 is 10.6 Å². The Morgan fingerprint density at radius 1 is 0.659 bits per heavy atom. The van der Waals surface area contributed by atoms with Gasteiger partial charge in [0.15, 0.2) is 0 Å². The number of rotatable bonds is 4. The van der Waals surface area contributed by atoms with Crippen LogP contribution >= 0.6 is 23.2 Å². The molecule has 8 nitrogen and oxygen atoms in total. The van der Waals surface area contributed by atoms with Crippen molar-refractivity contribution in [1.29, 1.82) is 0 Å². The van der Waals surface area contributed by atoms with Gasteiger partial charge >= 0.3 is 12.2 Å². The summed E-state index contributed by atoms with van der Waals surface area (Å²) in [6, 6.07) is 16.1. The number of nitrogens with one attached hydrogen (secondary N) is 2. The predicted octanol–water partition coefficient (Wildman–Crippen LogP) is 8.79. The first-order chi connectivity index (χ1) is 20.5. The molecule has 2 fully saturated rings. The Labute approximate surface area is 273 Å². The van der Waals surface area contributed by atoms with Crippen LogP contribution in [0.25, 0.3) is 0 Å². The highest BCUT2D eigenvalue weighted by Gasteiger charge is 2.32.